The van der Waals surface area contributed by atoms with Crippen LogP contribution in [-0.2, 0) is 83.2 Å². The number of likely N-dealkylation sites (tertiary alicyclic amines) is 1. The van der Waals surface area contributed by atoms with Crippen molar-refractivity contribution < 1.29 is 72.9 Å². The van der Waals surface area contributed by atoms with Crippen LogP contribution in [0.1, 0.15) is 94.9 Å². The number of nitrogens with two attached hydrogens (primary N) is 3. The molecule has 6 rings (SSSR count). The van der Waals surface area contributed by atoms with Gasteiger partial charge in [0.1, 0.15) is 60.1 Å². The minimum atomic E-state index is -1.95. The number of phenolic OH excluding ortho intramolecular Hbond substituents is 1. The largest absolute Gasteiger partial charge is 0.508 e. The van der Waals surface area contributed by atoms with Gasteiger partial charge in [0, 0.05) is 49.3 Å². The van der Waals surface area contributed by atoms with Gasteiger partial charge in [-0.25, -0.2) is 4.79 Å². The fourth-order valence-electron chi connectivity index (χ4n) is 11.0. The smallest absolute Gasteiger partial charge is 0.326 e. The van der Waals surface area contributed by atoms with E-state index in [1.807, 2.05) is 13.8 Å². The molecule has 1 aromatic heterocycles. The minimum absolute atomic E-state index is 0.0174. The molecule has 0 radical (unpaired) electrons. The molecule has 28 heteroatoms. The van der Waals surface area contributed by atoms with Crippen LogP contribution in [0.5, 0.6) is 5.75 Å². The Morgan fingerprint density at radius 3 is 1.59 bits per heavy atom. The third kappa shape index (κ3) is 22.5. The number of hydrogen-bond acceptors (Lipinski definition) is 15. The molecule has 0 saturated carbocycles. The number of fused-ring (bicyclic) bond motifs is 1. The Morgan fingerprint density at radius 2 is 1.02 bits per heavy atom. The third-order valence-corrected chi connectivity index (χ3v) is 16.1. The van der Waals surface area contributed by atoms with Crippen LogP contribution in [0.3, 0.4) is 0 Å². The Kier molecular flexibility index (Phi) is 27.8. The summed E-state index contributed by atoms with van der Waals surface area (Å²) in [6.45, 7) is 7.37. The molecule has 5 aromatic rings. The van der Waals surface area contributed by atoms with E-state index >= 15 is 14.4 Å². The molecule has 510 valence electrons. The summed E-state index contributed by atoms with van der Waals surface area (Å²) >= 11 is 0. The Morgan fingerprint density at radius 1 is 0.547 bits per heavy atom. The van der Waals surface area contributed by atoms with E-state index in [0.717, 1.165) is 0 Å². The molecule has 1 fully saturated rings. The lowest BCUT2D eigenvalue weighted by molar-refractivity contribution is -0.144. The molecular formula is C67H87N13O15. The van der Waals surface area contributed by atoms with Crippen LogP contribution in [0.25, 0.3) is 10.9 Å². The van der Waals surface area contributed by atoms with Crippen LogP contribution in [0.4, 0.5) is 0 Å². The van der Waals surface area contributed by atoms with Crippen LogP contribution < -0.4 is 59.7 Å². The lowest BCUT2D eigenvalue weighted by atomic mass is 9.99. The second-order valence-corrected chi connectivity index (χ2v) is 24.4. The van der Waals surface area contributed by atoms with Crippen molar-refractivity contribution in [2.24, 2.45) is 29.0 Å². The van der Waals surface area contributed by atoms with Gasteiger partial charge in [0.15, 0.2) is 0 Å². The van der Waals surface area contributed by atoms with Gasteiger partial charge < -0.3 is 84.9 Å². The Hall–Kier alpha value is -10.2. The van der Waals surface area contributed by atoms with Gasteiger partial charge in [-0.05, 0) is 90.9 Å². The van der Waals surface area contributed by atoms with Crippen LogP contribution in [0.15, 0.2) is 115 Å². The lowest BCUT2D eigenvalue weighted by Crippen LogP contribution is -2.61. The van der Waals surface area contributed by atoms with Crippen LogP contribution >= 0.6 is 0 Å². The number of amides is 10. The number of aromatic nitrogens is 1. The first-order chi connectivity index (χ1) is 45.2. The van der Waals surface area contributed by atoms with Crippen molar-refractivity contribution in [1.82, 2.24) is 52.4 Å². The summed E-state index contributed by atoms with van der Waals surface area (Å²) in [6.07, 6.45) is -0.240. The SMILES string of the molecule is CC(C)C[C@H](NC(=O)[C@H](CCCN)NC(=O)[C@@H](N)C(C)C)C(=O)N[C@@H](Cc1ccc(O)cc1)C(=O)N1CCC[C@H]1C(=O)N[C@@H](Cc1c[nH]c2ccccc12)C(=O)N[C@@H](Cc1ccccc1)C(=O)N[C@@H](CC(N)=O)C(=O)N[C@@H](CC(=O)O)C(=O)N[C@@H](Cc1ccccc1)C(=O)O. The van der Waals surface area contributed by atoms with Crippen molar-refractivity contribution in [3.63, 3.8) is 0 Å². The summed E-state index contributed by atoms with van der Waals surface area (Å²) in [5.41, 5.74) is 20.2. The van der Waals surface area contributed by atoms with Gasteiger partial charge in [0.05, 0.1) is 18.9 Å². The molecule has 0 unspecified atom stereocenters. The molecule has 0 aliphatic carbocycles. The molecule has 10 atom stereocenters. The number of rotatable bonds is 36. The Bertz CT molecular complexity index is 3500. The van der Waals surface area contributed by atoms with Gasteiger partial charge in [-0.1, -0.05) is 119 Å². The normalized spacial score (nSPS) is 15.7. The number of hydrogen-bond donors (Lipinski definition) is 15. The number of carbonyl (C=O) groups excluding carboxylic acids is 10. The zero-order valence-corrected chi connectivity index (χ0v) is 53.5. The number of primary amides is 1. The highest BCUT2D eigenvalue weighted by Gasteiger charge is 2.41. The zero-order valence-electron chi connectivity index (χ0n) is 53.5. The highest BCUT2D eigenvalue weighted by atomic mass is 16.4. The first-order valence-corrected chi connectivity index (χ1v) is 31.5. The first-order valence-electron chi connectivity index (χ1n) is 31.5. The van der Waals surface area contributed by atoms with E-state index in [1.165, 1.54) is 17.0 Å². The van der Waals surface area contributed by atoms with Crippen molar-refractivity contribution in [2.75, 3.05) is 13.1 Å². The van der Waals surface area contributed by atoms with Crippen molar-refractivity contribution in [1.29, 1.82) is 0 Å². The maximum atomic E-state index is 15.2. The molecule has 18 N–H and O–H groups in total. The first kappa shape index (κ1) is 73.8. The molecule has 28 nitrogen and oxygen atoms in total. The van der Waals surface area contributed by atoms with Gasteiger partial charge in [-0.3, -0.25) is 52.7 Å². The molecular weight excluding hydrogens is 1230 g/mol. The average molecular weight is 1310 g/mol. The summed E-state index contributed by atoms with van der Waals surface area (Å²) < 4.78 is 0. The third-order valence-electron chi connectivity index (χ3n) is 16.1. The molecule has 4 aromatic carbocycles. The summed E-state index contributed by atoms with van der Waals surface area (Å²) in [4.78, 5) is 171. The lowest BCUT2D eigenvalue weighted by Gasteiger charge is -2.31. The van der Waals surface area contributed by atoms with Crippen molar-refractivity contribution in [3.05, 3.63) is 138 Å². The van der Waals surface area contributed by atoms with Gasteiger partial charge >= 0.3 is 11.9 Å². The predicted molar refractivity (Wildman–Crippen MR) is 349 cm³/mol. The molecule has 0 spiro atoms. The molecule has 1 aliphatic heterocycles. The van der Waals surface area contributed by atoms with Crippen molar-refractivity contribution in [3.8, 4) is 5.75 Å². The van der Waals surface area contributed by atoms with E-state index in [0.29, 0.717) is 46.0 Å². The highest BCUT2D eigenvalue weighted by molar-refractivity contribution is 6.00. The number of benzene rings is 4. The molecule has 2 heterocycles. The number of carboxylic acids is 2. The number of aromatic amines is 1. The van der Waals surface area contributed by atoms with Crippen molar-refractivity contribution >= 4 is 81.9 Å². The predicted octanol–water partition coefficient (Wildman–Crippen LogP) is 0.216. The van der Waals surface area contributed by atoms with Crippen LogP contribution in [0.2, 0.25) is 0 Å². The number of H-pyrrole nitrogens is 1. The second-order valence-electron chi connectivity index (χ2n) is 24.4. The number of nitrogens with one attached hydrogen (secondary N) is 9. The standard InChI is InChI=1S/C67H87N13O15/c1-37(2)29-47(73-58(85)46(21-13-27-68)72-65(92)57(70)38(3)4)59(86)78-52(31-41-23-25-43(81)26-24-41)66(93)80-28-14-22-54(80)64(91)77-49(33-42-36-71-45-20-12-11-19-44(42)45)61(88)74-48(30-39-15-7-5-8-16-39)60(87)75-50(34-55(69)82)62(89)76-51(35-56(83)84)63(90)79-53(67(94)95)32-40-17-9-6-10-18-40/h5-12,15-20,23-26,36-38,46-54,57,71,81H,13-14,21-22,27-35,68,70H2,1-4H3,(H2,69,82)(H,72,92)(H,73,85)(H,74,88)(H,75,87)(H,76,89)(H,77,91)(H,78,86)(H,79,90)(H,83,84)(H,94,95)/t46-,47-,48-,49-,50-,51-,52-,53-,54-,57-/m0/s1. The Balaban J connectivity index is 1.28. The molecule has 95 heavy (non-hydrogen) atoms. The molecule has 0 bridgehead atoms. The van der Waals surface area contributed by atoms with Crippen LogP contribution in [0, 0.1) is 11.8 Å². The number of carboxylic acid groups (broad SMARTS) is 2. The van der Waals surface area contributed by atoms with E-state index < -0.39 is 144 Å². The summed E-state index contributed by atoms with van der Waals surface area (Å²) in [7, 11) is 0. The molecule has 1 aliphatic rings. The van der Waals surface area contributed by atoms with E-state index in [-0.39, 0.29) is 75.6 Å². The second kappa shape index (κ2) is 35.7. The number of aliphatic carboxylic acids is 2. The number of para-hydroxylation sites is 1. The monoisotopic (exact) mass is 1310 g/mol. The molecule has 1 saturated heterocycles. The zero-order chi connectivity index (χ0) is 69.5. The van der Waals surface area contributed by atoms with E-state index in [1.54, 1.807) is 117 Å². The van der Waals surface area contributed by atoms with E-state index in [4.69, 9.17) is 17.2 Å². The fourth-order valence-corrected chi connectivity index (χ4v) is 11.0. The number of nitrogens with zero attached hydrogens (tertiary/aromatic N) is 1. The fraction of sp³-hybridized carbons (Fsp3) is 0.433. The van der Waals surface area contributed by atoms with E-state index in [2.05, 4.69) is 47.5 Å². The highest BCUT2D eigenvalue weighted by Crippen LogP contribution is 2.24. The van der Waals surface area contributed by atoms with Crippen LogP contribution in [-0.4, -0.2) is 170 Å². The number of aromatic hydroxyl groups is 1. The Labute approximate surface area is 549 Å². The number of phenols is 1. The maximum absolute atomic E-state index is 15.2. The van der Waals surface area contributed by atoms with Gasteiger partial charge in [0.2, 0.25) is 59.1 Å². The van der Waals surface area contributed by atoms with Gasteiger partial charge in [0.25, 0.3) is 0 Å². The minimum Gasteiger partial charge on any atom is -0.508 e. The van der Waals surface area contributed by atoms with Crippen molar-refractivity contribution in [2.45, 2.75) is 159 Å². The van der Waals surface area contributed by atoms with Gasteiger partial charge in [-0.15, -0.1) is 0 Å². The summed E-state index contributed by atoms with van der Waals surface area (Å²) in [5.74, 6) is -12.7. The van der Waals surface area contributed by atoms with Gasteiger partial charge in [-0.2, -0.15) is 0 Å². The quantitative estimate of drug-likeness (QED) is 0.0255. The maximum Gasteiger partial charge on any atom is 0.326 e. The molecule has 10 amide bonds. The van der Waals surface area contributed by atoms with E-state index in [9.17, 15) is 58.5 Å². The number of carbonyl (C=O) groups is 12. The summed E-state index contributed by atoms with van der Waals surface area (Å²) in [6, 6.07) is 15.0. The summed E-state index contributed by atoms with van der Waals surface area (Å²) in [5, 5.41) is 51.3. The average Bonchev–Trinajstić information content (AvgIpc) is 1.77. The topological polar surface area (TPSA) is 459 Å².